The molecular weight excluding hydrogens is 210 g/mol. The van der Waals surface area contributed by atoms with Crippen molar-refractivity contribution in [3.63, 3.8) is 0 Å². The summed E-state index contributed by atoms with van der Waals surface area (Å²) in [4.78, 5) is 0. The molecule has 0 spiro atoms. The number of nitrogens with one attached hydrogen (secondary N) is 1. The maximum atomic E-state index is 5.98. The number of rotatable bonds is 9. The summed E-state index contributed by atoms with van der Waals surface area (Å²) < 4.78 is 5.98. The van der Waals surface area contributed by atoms with Crippen molar-refractivity contribution < 1.29 is 4.74 Å². The number of ether oxygens (including phenoxy) is 1. The second-order valence-electron chi connectivity index (χ2n) is 5.41. The van der Waals surface area contributed by atoms with E-state index in [2.05, 4.69) is 19.3 Å². The van der Waals surface area contributed by atoms with Gasteiger partial charge in [-0.2, -0.15) is 0 Å². The van der Waals surface area contributed by atoms with Crippen LogP contribution in [0.1, 0.15) is 71.1 Å². The maximum absolute atomic E-state index is 5.98. The van der Waals surface area contributed by atoms with E-state index in [1.54, 1.807) is 0 Å². The van der Waals surface area contributed by atoms with E-state index in [0.29, 0.717) is 12.1 Å². The Morgan fingerprint density at radius 1 is 1.06 bits per heavy atom. The molecule has 102 valence electrons. The highest BCUT2D eigenvalue weighted by Crippen LogP contribution is 2.21. The molecule has 1 N–H and O–H groups in total. The molecule has 2 heteroatoms. The predicted molar refractivity (Wildman–Crippen MR) is 74.4 cm³/mol. The Morgan fingerprint density at radius 3 is 2.59 bits per heavy atom. The average molecular weight is 241 g/mol. The van der Waals surface area contributed by atoms with E-state index in [9.17, 15) is 0 Å². The molecule has 2 atom stereocenters. The zero-order valence-electron chi connectivity index (χ0n) is 11.8. The van der Waals surface area contributed by atoms with Crippen LogP contribution >= 0.6 is 0 Å². The lowest BCUT2D eigenvalue weighted by Gasteiger charge is -2.28. The topological polar surface area (TPSA) is 21.3 Å². The minimum atomic E-state index is 0.525. The van der Waals surface area contributed by atoms with Gasteiger partial charge in [-0.15, -0.1) is 0 Å². The molecular formula is C15H31NO. The Kier molecular flexibility index (Phi) is 8.72. The van der Waals surface area contributed by atoms with E-state index >= 15 is 0 Å². The lowest BCUT2D eigenvalue weighted by atomic mass is 9.93. The standard InChI is InChI=1S/C15H31NO/c1-3-4-5-6-7-8-12-17-15-11-9-10-14(13-15)16-2/h14-16H,3-13H2,1-2H3. The first-order valence-electron chi connectivity index (χ1n) is 7.65. The fourth-order valence-electron chi connectivity index (χ4n) is 2.69. The van der Waals surface area contributed by atoms with Gasteiger partial charge in [0.1, 0.15) is 0 Å². The molecule has 2 unspecified atom stereocenters. The molecule has 2 nitrogen and oxygen atoms in total. The van der Waals surface area contributed by atoms with Crippen LogP contribution in [0.5, 0.6) is 0 Å². The van der Waals surface area contributed by atoms with Crippen molar-refractivity contribution in [2.24, 2.45) is 0 Å². The van der Waals surface area contributed by atoms with Crippen LogP contribution in [-0.4, -0.2) is 25.8 Å². The smallest absolute Gasteiger partial charge is 0.0590 e. The third kappa shape index (κ3) is 7.05. The SMILES string of the molecule is CCCCCCCCOC1CCCC(NC)C1. The van der Waals surface area contributed by atoms with Crippen LogP contribution in [0, 0.1) is 0 Å². The van der Waals surface area contributed by atoms with Crippen LogP contribution in [-0.2, 0) is 4.74 Å². The second kappa shape index (κ2) is 9.90. The van der Waals surface area contributed by atoms with Gasteiger partial charge in [0.05, 0.1) is 6.10 Å². The normalized spacial score (nSPS) is 25.1. The lowest BCUT2D eigenvalue weighted by molar-refractivity contribution is 0.0184. The molecule has 0 aromatic carbocycles. The molecule has 0 aliphatic heterocycles. The fraction of sp³-hybridized carbons (Fsp3) is 1.00. The monoisotopic (exact) mass is 241 g/mol. The summed E-state index contributed by atoms with van der Waals surface area (Å²) in [6, 6.07) is 0.693. The van der Waals surface area contributed by atoms with E-state index in [1.165, 1.54) is 64.2 Å². The van der Waals surface area contributed by atoms with E-state index in [1.807, 2.05) is 0 Å². The Morgan fingerprint density at radius 2 is 1.82 bits per heavy atom. The first-order chi connectivity index (χ1) is 8.36. The quantitative estimate of drug-likeness (QED) is 0.618. The number of unbranched alkanes of at least 4 members (excludes halogenated alkanes) is 5. The highest BCUT2D eigenvalue weighted by atomic mass is 16.5. The van der Waals surface area contributed by atoms with Gasteiger partial charge in [-0.1, -0.05) is 39.0 Å². The Hall–Kier alpha value is -0.0800. The number of hydrogen-bond acceptors (Lipinski definition) is 2. The first-order valence-corrected chi connectivity index (χ1v) is 7.65. The largest absolute Gasteiger partial charge is 0.378 e. The van der Waals surface area contributed by atoms with Crippen LogP contribution in [0.15, 0.2) is 0 Å². The van der Waals surface area contributed by atoms with Gasteiger partial charge in [-0.05, 0) is 39.2 Å². The molecule has 17 heavy (non-hydrogen) atoms. The third-order valence-corrected chi connectivity index (χ3v) is 3.89. The van der Waals surface area contributed by atoms with E-state index < -0.39 is 0 Å². The van der Waals surface area contributed by atoms with Crippen molar-refractivity contribution in [2.75, 3.05) is 13.7 Å². The van der Waals surface area contributed by atoms with Gasteiger partial charge >= 0.3 is 0 Å². The molecule has 0 radical (unpaired) electrons. The van der Waals surface area contributed by atoms with E-state index in [-0.39, 0.29) is 0 Å². The zero-order chi connectivity index (χ0) is 12.3. The zero-order valence-corrected chi connectivity index (χ0v) is 11.8. The van der Waals surface area contributed by atoms with Crippen LogP contribution < -0.4 is 5.32 Å². The molecule has 0 amide bonds. The molecule has 1 fully saturated rings. The summed E-state index contributed by atoms with van der Waals surface area (Å²) in [7, 11) is 2.07. The first kappa shape index (κ1) is 15.0. The van der Waals surface area contributed by atoms with E-state index in [0.717, 1.165) is 6.61 Å². The van der Waals surface area contributed by atoms with Gasteiger partial charge in [0.25, 0.3) is 0 Å². The van der Waals surface area contributed by atoms with Crippen LogP contribution in [0.25, 0.3) is 0 Å². The molecule has 0 aromatic rings. The van der Waals surface area contributed by atoms with Crippen molar-refractivity contribution in [3.8, 4) is 0 Å². The molecule has 1 rings (SSSR count). The second-order valence-corrected chi connectivity index (χ2v) is 5.41. The Balaban J connectivity index is 1.91. The Bertz CT molecular complexity index is 172. The summed E-state index contributed by atoms with van der Waals surface area (Å²) in [5.74, 6) is 0. The van der Waals surface area contributed by atoms with Crippen molar-refractivity contribution >= 4 is 0 Å². The molecule has 1 aliphatic carbocycles. The molecule has 0 aromatic heterocycles. The summed E-state index contributed by atoms with van der Waals surface area (Å²) in [5.41, 5.74) is 0. The van der Waals surface area contributed by atoms with Crippen LogP contribution in [0.2, 0.25) is 0 Å². The van der Waals surface area contributed by atoms with Gasteiger partial charge in [0.15, 0.2) is 0 Å². The summed E-state index contributed by atoms with van der Waals surface area (Å²) in [5, 5.41) is 3.38. The van der Waals surface area contributed by atoms with Gasteiger partial charge < -0.3 is 10.1 Å². The summed E-state index contributed by atoms with van der Waals surface area (Å²) in [6.07, 6.45) is 13.8. The molecule has 1 aliphatic rings. The van der Waals surface area contributed by atoms with Crippen molar-refractivity contribution in [1.29, 1.82) is 0 Å². The average Bonchev–Trinajstić information content (AvgIpc) is 2.38. The van der Waals surface area contributed by atoms with Crippen LogP contribution in [0.3, 0.4) is 0 Å². The minimum Gasteiger partial charge on any atom is -0.378 e. The third-order valence-electron chi connectivity index (χ3n) is 3.89. The fourth-order valence-corrected chi connectivity index (χ4v) is 2.69. The van der Waals surface area contributed by atoms with Crippen molar-refractivity contribution in [3.05, 3.63) is 0 Å². The molecule has 0 heterocycles. The van der Waals surface area contributed by atoms with E-state index in [4.69, 9.17) is 4.74 Å². The van der Waals surface area contributed by atoms with Gasteiger partial charge in [-0.25, -0.2) is 0 Å². The molecule has 0 bridgehead atoms. The molecule has 0 saturated heterocycles. The van der Waals surface area contributed by atoms with Crippen molar-refractivity contribution in [2.45, 2.75) is 83.3 Å². The highest BCUT2D eigenvalue weighted by Gasteiger charge is 2.20. The maximum Gasteiger partial charge on any atom is 0.0590 e. The van der Waals surface area contributed by atoms with Gasteiger partial charge in [-0.3, -0.25) is 0 Å². The summed E-state index contributed by atoms with van der Waals surface area (Å²) >= 11 is 0. The summed E-state index contributed by atoms with van der Waals surface area (Å²) in [6.45, 7) is 3.25. The van der Waals surface area contributed by atoms with Gasteiger partial charge in [0.2, 0.25) is 0 Å². The lowest BCUT2D eigenvalue weighted by Crippen LogP contribution is -2.34. The van der Waals surface area contributed by atoms with Gasteiger partial charge in [0, 0.05) is 12.6 Å². The Labute approximate surface area is 108 Å². The number of hydrogen-bond donors (Lipinski definition) is 1. The van der Waals surface area contributed by atoms with Crippen LogP contribution in [0.4, 0.5) is 0 Å². The highest BCUT2D eigenvalue weighted by molar-refractivity contribution is 4.77. The molecule has 1 saturated carbocycles. The minimum absolute atomic E-state index is 0.525. The predicted octanol–water partition coefficient (Wildman–Crippen LogP) is 3.89. The van der Waals surface area contributed by atoms with Crippen molar-refractivity contribution in [1.82, 2.24) is 5.32 Å².